The first kappa shape index (κ1) is 16.5. The minimum absolute atomic E-state index is 0.0321. The first-order valence-electron chi connectivity index (χ1n) is 8.30. The Hall–Kier alpha value is -2.34. The molecule has 24 heavy (non-hydrogen) atoms. The molecule has 1 atom stereocenters. The first-order valence-corrected chi connectivity index (χ1v) is 8.30. The average Bonchev–Trinajstić information content (AvgIpc) is 2.92. The minimum Gasteiger partial charge on any atom is -0.508 e. The molecule has 1 aliphatic rings. The fraction of sp³-hybridized carbons (Fsp3) is 0.444. The highest BCUT2D eigenvalue weighted by Crippen LogP contribution is 2.17. The van der Waals surface area contributed by atoms with Crippen LogP contribution in [0.3, 0.4) is 0 Å². The Morgan fingerprint density at radius 1 is 1.46 bits per heavy atom. The van der Waals surface area contributed by atoms with E-state index >= 15 is 0 Å². The molecular weight excluding hydrogens is 306 g/mol. The van der Waals surface area contributed by atoms with E-state index < -0.39 is 0 Å². The molecule has 128 valence electrons. The summed E-state index contributed by atoms with van der Waals surface area (Å²) < 4.78 is 5.09. The summed E-state index contributed by atoms with van der Waals surface area (Å²) in [5, 5.41) is 16.5. The number of nitrogens with zero attached hydrogens (tertiary/aromatic N) is 2. The quantitative estimate of drug-likeness (QED) is 0.877. The molecule has 2 aromatic rings. The van der Waals surface area contributed by atoms with Crippen molar-refractivity contribution in [1.82, 2.24) is 15.4 Å². The topological polar surface area (TPSA) is 78.6 Å². The number of benzene rings is 1. The van der Waals surface area contributed by atoms with Crippen LogP contribution in [0.2, 0.25) is 0 Å². The fourth-order valence-corrected chi connectivity index (χ4v) is 3.17. The van der Waals surface area contributed by atoms with Crippen molar-refractivity contribution < 1.29 is 14.4 Å². The smallest absolute Gasteiger partial charge is 0.227 e. The molecule has 0 spiro atoms. The number of amides is 1. The third kappa shape index (κ3) is 4.58. The van der Waals surface area contributed by atoms with Crippen LogP contribution in [0.25, 0.3) is 0 Å². The molecule has 6 heteroatoms. The van der Waals surface area contributed by atoms with Gasteiger partial charge in [0.1, 0.15) is 11.5 Å². The number of aromatic nitrogens is 1. The molecule has 1 fully saturated rings. The molecule has 1 amide bonds. The lowest BCUT2D eigenvalue weighted by atomic mass is 10.0. The van der Waals surface area contributed by atoms with Crippen LogP contribution in [0.4, 0.5) is 0 Å². The van der Waals surface area contributed by atoms with E-state index in [0.29, 0.717) is 5.76 Å². The minimum atomic E-state index is -0.0321. The summed E-state index contributed by atoms with van der Waals surface area (Å²) in [6.45, 7) is 4.44. The van der Waals surface area contributed by atoms with Crippen molar-refractivity contribution in [2.24, 2.45) is 0 Å². The fourth-order valence-electron chi connectivity index (χ4n) is 3.17. The van der Waals surface area contributed by atoms with Crippen LogP contribution in [0.1, 0.15) is 29.9 Å². The van der Waals surface area contributed by atoms with Gasteiger partial charge in [0, 0.05) is 25.2 Å². The highest BCUT2D eigenvalue weighted by molar-refractivity contribution is 5.78. The third-order valence-electron chi connectivity index (χ3n) is 4.20. The molecule has 2 heterocycles. The summed E-state index contributed by atoms with van der Waals surface area (Å²) >= 11 is 0. The van der Waals surface area contributed by atoms with Gasteiger partial charge >= 0.3 is 0 Å². The maximum atomic E-state index is 12.1. The highest BCUT2D eigenvalue weighted by Gasteiger charge is 2.22. The predicted molar refractivity (Wildman–Crippen MR) is 89.5 cm³/mol. The number of carbonyl (C=O) groups is 1. The zero-order valence-electron chi connectivity index (χ0n) is 13.9. The largest absolute Gasteiger partial charge is 0.508 e. The lowest BCUT2D eigenvalue weighted by Gasteiger charge is -2.33. The second-order valence-electron chi connectivity index (χ2n) is 6.42. The average molecular weight is 329 g/mol. The molecule has 1 aromatic heterocycles. The van der Waals surface area contributed by atoms with Crippen molar-refractivity contribution >= 4 is 5.91 Å². The lowest BCUT2D eigenvalue weighted by molar-refractivity contribution is -0.121. The maximum Gasteiger partial charge on any atom is 0.227 e. The van der Waals surface area contributed by atoms with Gasteiger partial charge in [-0.3, -0.25) is 9.69 Å². The summed E-state index contributed by atoms with van der Waals surface area (Å²) in [4.78, 5) is 14.5. The van der Waals surface area contributed by atoms with Gasteiger partial charge in [-0.25, -0.2) is 0 Å². The number of hydrogen-bond donors (Lipinski definition) is 2. The van der Waals surface area contributed by atoms with Gasteiger partial charge in [-0.2, -0.15) is 0 Å². The van der Waals surface area contributed by atoms with Crippen molar-refractivity contribution in [3.63, 3.8) is 0 Å². The Bertz CT molecular complexity index is 698. The van der Waals surface area contributed by atoms with Crippen LogP contribution in [-0.4, -0.2) is 40.2 Å². The molecule has 0 unspecified atom stereocenters. The number of nitrogens with one attached hydrogen (secondary N) is 1. The molecule has 0 saturated carbocycles. The molecule has 0 aliphatic carbocycles. The van der Waals surface area contributed by atoms with Crippen LogP contribution < -0.4 is 5.32 Å². The molecule has 1 saturated heterocycles. The summed E-state index contributed by atoms with van der Waals surface area (Å²) in [6.07, 6.45) is 2.26. The van der Waals surface area contributed by atoms with Gasteiger partial charge in [-0.15, -0.1) is 0 Å². The third-order valence-corrected chi connectivity index (χ3v) is 4.20. The number of aryl methyl sites for hydroxylation is 1. The second-order valence-corrected chi connectivity index (χ2v) is 6.42. The number of rotatable bonds is 5. The van der Waals surface area contributed by atoms with Gasteiger partial charge in [-0.1, -0.05) is 17.3 Å². The van der Waals surface area contributed by atoms with Crippen LogP contribution >= 0.6 is 0 Å². The normalized spacial score (nSPS) is 18.5. The SMILES string of the molecule is Cc1cc(CC(=O)N[C@H]2CCCN(Cc3cccc(O)c3)C2)on1. The Morgan fingerprint density at radius 2 is 2.33 bits per heavy atom. The summed E-state index contributed by atoms with van der Waals surface area (Å²) in [7, 11) is 0. The van der Waals surface area contributed by atoms with Crippen molar-refractivity contribution in [3.05, 3.63) is 47.3 Å². The Balaban J connectivity index is 1.50. The van der Waals surface area contributed by atoms with Gasteiger partial charge in [0.25, 0.3) is 0 Å². The van der Waals surface area contributed by atoms with Crippen molar-refractivity contribution in [2.45, 2.75) is 38.8 Å². The monoisotopic (exact) mass is 329 g/mol. The van der Waals surface area contributed by atoms with Crippen molar-refractivity contribution in [2.75, 3.05) is 13.1 Å². The van der Waals surface area contributed by atoms with E-state index in [9.17, 15) is 9.90 Å². The first-order chi connectivity index (χ1) is 11.6. The number of aromatic hydroxyl groups is 1. The van der Waals surface area contributed by atoms with Crippen LogP contribution in [-0.2, 0) is 17.8 Å². The molecule has 6 nitrogen and oxygen atoms in total. The van der Waals surface area contributed by atoms with E-state index in [1.165, 1.54) is 0 Å². The molecule has 2 N–H and O–H groups in total. The Labute approximate surface area is 141 Å². The molecular formula is C18H23N3O3. The lowest BCUT2D eigenvalue weighted by Crippen LogP contribution is -2.47. The highest BCUT2D eigenvalue weighted by atomic mass is 16.5. The van der Waals surface area contributed by atoms with E-state index in [0.717, 1.165) is 43.7 Å². The maximum absolute atomic E-state index is 12.1. The summed E-state index contributed by atoms with van der Waals surface area (Å²) in [6, 6.07) is 9.26. The van der Waals surface area contributed by atoms with E-state index in [-0.39, 0.29) is 24.1 Å². The summed E-state index contributed by atoms with van der Waals surface area (Å²) in [5.74, 6) is 0.851. The number of phenols is 1. The number of carbonyl (C=O) groups excluding carboxylic acids is 1. The van der Waals surface area contributed by atoms with E-state index in [4.69, 9.17) is 4.52 Å². The molecule has 0 bridgehead atoms. The van der Waals surface area contributed by atoms with E-state index in [1.54, 1.807) is 18.2 Å². The van der Waals surface area contributed by atoms with Gasteiger partial charge in [-0.05, 0) is 44.0 Å². The molecule has 3 rings (SSSR count). The van der Waals surface area contributed by atoms with Gasteiger partial charge < -0.3 is 14.9 Å². The number of likely N-dealkylation sites (tertiary alicyclic amines) is 1. The van der Waals surface area contributed by atoms with Gasteiger partial charge in [0.05, 0.1) is 12.1 Å². The van der Waals surface area contributed by atoms with E-state index in [2.05, 4.69) is 15.4 Å². The molecule has 0 radical (unpaired) electrons. The van der Waals surface area contributed by atoms with E-state index in [1.807, 2.05) is 19.1 Å². The summed E-state index contributed by atoms with van der Waals surface area (Å²) in [5.41, 5.74) is 1.87. The van der Waals surface area contributed by atoms with Crippen molar-refractivity contribution in [3.8, 4) is 5.75 Å². The number of hydrogen-bond acceptors (Lipinski definition) is 5. The predicted octanol–water partition coefficient (Wildman–Crippen LogP) is 2.01. The molecule has 1 aliphatic heterocycles. The Morgan fingerprint density at radius 3 is 3.08 bits per heavy atom. The zero-order valence-corrected chi connectivity index (χ0v) is 13.9. The standard InChI is InChI=1S/C18H23N3O3/c1-13-8-17(24-20-13)10-18(23)19-15-5-3-7-21(12-15)11-14-4-2-6-16(22)9-14/h2,4,6,8-9,15,22H,3,5,7,10-12H2,1H3,(H,19,23)/t15-/m0/s1. The zero-order chi connectivity index (χ0) is 16.9. The Kier molecular flexibility index (Phi) is 5.15. The van der Waals surface area contributed by atoms with Gasteiger partial charge in [0.15, 0.2) is 0 Å². The number of piperidine rings is 1. The molecule has 1 aromatic carbocycles. The van der Waals surface area contributed by atoms with Crippen LogP contribution in [0, 0.1) is 6.92 Å². The van der Waals surface area contributed by atoms with Crippen LogP contribution in [0.5, 0.6) is 5.75 Å². The van der Waals surface area contributed by atoms with Gasteiger partial charge in [0.2, 0.25) is 5.91 Å². The van der Waals surface area contributed by atoms with Crippen molar-refractivity contribution in [1.29, 1.82) is 0 Å². The van der Waals surface area contributed by atoms with Crippen LogP contribution in [0.15, 0.2) is 34.9 Å². The number of phenolic OH excluding ortho intramolecular Hbond substituents is 1. The second kappa shape index (κ2) is 7.49.